The topological polar surface area (TPSA) is 89.0 Å². The van der Waals surface area contributed by atoms with Crippen molar-refractivity contribution in [2.75, 3.05) is 44.9 Å². The van der Waals surface area contributed by atoms with Crippen LogP contribution in [0.3, 0.4) is 0 Å². The fourth-order valence-corrected chi connectivity index (χ4v) is 1.48. The van der Waals surface area contributed by atoms with Crippen LogP contribution >= 0.6 is 0 Å². The molecular weight excluding hydrogens is 244 g/mol. The van der Waals surface area contributed by atoms with E-state index < -0.39 is 0 Å². The van der Waals surface area contributed by atoms with Gasteiger partial charge in [-0.05, 0) is 20.2 Å². The zero-order chi connectivity index (χ0) is 13.8. The number of rotatable bonds is 5. The van der Waals surface area contributed by atoms with Crippen LogP contribution in [-0.2, 0) is 0 Å². The highest BCUT2D eigenvalue weighted by Gasteiger charge is 2.10. The second-order valence-corrected chi connectivity index (χ2v) is 4.47. The van der Waals surface area contributed by atoms with E-state index in [0.717, 1.165) is 13.1 Å². The number of anilines is 2. The predicted molar refractivity (Wildman–Crippen MR) is 73.2 cm³/mol. The smallest absolute Gasteiger partial charge is 0.257 e. The first-order chi connectivity index (χ1) is 9.06. The third-order valence-corrected chi connectivity index (χ3v) is 2.56. The average molecular weight is 262 g/mol. The van der Waals surface area contributed by atoms with E-state index in [-0.39, 0.29) is 5.95 Å². The molecule has 2 aromatic heterocycles. The van der Waals surface area contributed by atoms with Crippen molar-refractivity contribution in [1.82, 2.24) is 29.6 Å². The predicted octanol–water partition coefficient (Wildman–Crippen LogP) is -0.363. The van der Waals surface area contributed by atoms with Gasteiger partial charge in [-0.2, -0.15) is 20.1 Å². The van der Waals surface area contributed by atoms with Crippen molar-refractivity contribution in [3.8, 4) is 5.95 Å². The molecule has 0 unspecified atom stereocenters. The Morgan fingerprint density at radius 1 is 1.16 bits per heavy atom. The number of hydrogen-bond donors (Lipinski definition) is 1. The molecule has 8 nitrogen and oxygen atoms in total. The van der Waals surface area contributed by atoms with Crippen molar-refractivity contribution in [1.29, 1.82) is 0 Å². The summed E-state index contributed by atoms with van der Waals surface area (Å²) >= 11 is 0. The molecule has 2 rings (SSSR count). The molecule has 0 saturated heterocycles. The van der Waals surface area contributed by atoms with E-state index in [1.165, 1.54) is 0 Å². The molecule has 2 aromatic rings. The fraction of sp³-hybridized carbons (Fsp3) is 0.455. The lowest BCUT2D eigenvalue weighted by atomic mass is 10.5. The van der Waals surface area contributed by atoms with E-state index in [0.29, 0.717) is 11.9 Å². The molecule has 0 bridgehead atoms. The average Bonchev–Trinajstić information content (AvgIpc) is 2.89. The minimum atomic E-state index is 0.187. The van der Waals surface area contributed by atoms with E-state index in [4.69, 9.17) is 5.73 Å². The number of nitrogens with two attached hydrogens (primary N) is 1. The van der Waals surface area contributed by atoms with Crippen LogP contribution in [0.4, 0.5) is 11.9 Å². The largest absolute Gasteiger partial charge is 0.368 e. The third-order valence-electron chi connectivity index (χ3n) is 2.56. The van der Waals surface area contributed by atoms with Gasteiger partial charge in [-0.15, -0.1) is 0 Å². The fourth-order valence-electron chi connectivity index (χ4n) is 1.48. The van der Waals surface area contributed by atoms with Crippen molar-refractivity contribution in [2.45, 2.75) is 0 Å². The van der Waals surface area contributed by atoms with Gasteiger partial charge < -0.3 is 15.5 Å². The van der Waals surface area contributed by atoms with Crippen molar-refractivity contribution >= 4 is 11.9 Å². The van der Waals surface area contributed by atoms with Crippen LogP contribution in [0.25, 0.3) is 5.95 Å². The monoisotopic (exact) mass is 262 g/mol. The van der Waals surface area contributed by atoms with Gasteiger partial charge in [-0.3, -0.25) is 0 Å². The molecule has 0 aromatic carbocycles. The third kappa shape index (κ3) is 3.38. The van der Waals surface area contributed by atoms with Gasteiger partial charge in [0, 0.05) is 32.5 Å². The lowest BCUT2D eigenvalue weighted by Gasteiger charge is -2.19. The first-order valence-corrected chi connectivity index (χ1v) is 5.93. The summed E-state index contributed by atoms with van der Waals surface area (Å²) in [6, 6.07) is 1.80. The molecule has 0 aliphatic carbocycles. The number of hydrogen-bond acceptors (Lipinski definition) is 7. The summed E-state index contributed by atoms with van der Waals surface area (Å²) in [5.74, 6) is 1.15. The lowest BCUT2D eigenvalue weighted by Crippen LogP contribution is -2.30. The van der Waals surface area contributed by atoms with Gasteiger partial charge in [0.25, 0.3) is 5.95 Å². The van der Waals surface area contributed by atoms with Gasteiger partial charge in [0.2, 0.25) is 11.9 Å². The summed E-state index contributed by atoms with van der Waals surface area (Å²) in [6.45, 7) is 1.70. The number of aromatic nitrogens is 5. The molecule has 0 fully saturated rings. The van der Waals surface area contributed by atoms with E-state index in [1.54, 1.807) is 23.1 Å². The highest BCUT2D eigenvalue weighted by Crippen LogP contribution is 2.09. The maximum absolute atomic E-state index is 5.72. The van der Waals surface area contributed by atoms with Gasteiger partial charge in [-0.25, -0.2) is 4.68 Å². The van der Waals surface area contributed by atoms with Crippen LogP contribution in [0.1, 0.15) is 0 Å². The summed E-state index contributed by atoms with van der Waals surface area (Å²) in [7, 11) is 5.96. The Morgan fingerprint density at radius 2 is 1.95 bits per heavy atom. The summed E-state index contributed by atoms with van der Waals surface area (Å²) in [4.78, 5) is 16.6. The first-order valence-electron chi connectivity index (χ1n) is 5.93. The maximum atomic E-state index is 5.72. The molecule has 0 atom stereocenters. The lowest BCUT2D eigenvalue weighted by molar-refractivity contribution is 0.415. The zero-order valence-electron chi connectivity index (χ0n) is 11.4. The van der Waals surface area contributed by atoms with Crippen LogP contribution in [0, 0.1) is 0 Å². The minimum absolute atomic E-state index is 0.187. The molecule has 102 valence electrons. The van der Waals surface area contributed by atoms with Gasteiger partial charge >= 0.3 is 0 Å². The highest BCUT2D eigenvalue weighted by atomic mass is 15.4. The van der Waals surface area contributed by atoms with Crippen LogP contribution in [-0.4, -0.2) is 63.9 Å². The molecule has 0 saturated carbocycles. The number of nitrogen functional groups attached to an aromatic ring is 1. The first kappa shape index (κ1) is 13.2. The molecule has 0 radical (unpaired) electrons. The summed E-state index contributed by atoms with van der Waals surface area (Å²) in [6.07, 6.45) is 3.42. The van der Waals surface area contributed by atoms with Crippen molar-refractivity contribution < 1.29 is 0 Å². The van der Waals surface area contributed by atoms with Crippen LogP contribution < -0.4 is 10.6 Å². The molecule has 0 aliphatic rings. The van der Waals surface area contributed by atoms with Crippen LogP contribution in [0.15, 0.2) is 18.5 Å². The molecule has 19 heavy (non-hydrogen) atoms. The van der Waals surface area contributed by atoms with E-state index in [9.17, 15) is 0 Å². The molecule has 2 heterocycles. The van der Waals surface area contributed by atoms with Gasteiger partial charge in [0.05, 0.1) is 0 Å². The Hall–Kier alpha value is -2.22. The highest BCUT2D eigenvalue weighted by molar-refractivity contribution is 5.36. The Kier molecular flexibility index (Phi) is 3.91. The Labute approximate surface area is 111 Å². The van der Waals surface area contributed by atoms with Crippen molar-refractivity contribution in [3.63, 3.8) is 0 Å². The summed E-state index contributed by atoms with van der Waals surface area (Å²) in [5, 5.41) is 4.08. The molecule has 8 heteroatoms. The van der Waals surface area contributed by atoms with Crippen LogP contribution in [0.2, 0.25) is 0 Å². The Bertz CT molecular complexity index is 521. The van der Waals surface area contributed by atoms with Gasteiger partial charge in [0.15, 0.2) is 0 Å². The molecular formula is C11H18N8. The molecule has 0 aliphatic heterocycles. The van der Waals surface area contributed by atoms with Crippen molar-refractivity contribution in [3.05, 3.63) is 18.5 Å². The normalized spacial score (nSPS) is 10.9. The van der Waals surface area contributed by atoms with Gasteiger partial charge in [-0.1, -0.05) is 0 Å². The zero-order valence-corrected chi connectivity index (χ0v) is 11.4. The van der Waals surface area contributed by atoms with E-state index in [2.05, 4.69) is 25.0 Å². The molecule has 2 N–H and O–H groups in total. The number of nitrogens with zero attached hydrogens (tertiary/aromatic N) is 7. The van der Waals surface area contributed by atoms with E-state index >= 15 is 0 Å². The van der Waals surface area contributed by atoms with E-state index in [1.807, 2.05) is 26.0 Å². The second-order valence-electron chi connectivity index (χ2n) is 4.47. The molecule has 0 amide bonds. The van der Waals surface area contributed by atoms with Crippen LogP contribution in [0.5, 0.6) is 0 Å². The summed E-state index contributed by atoms with van der Waals surface area (Å²) < 4.78 is 1.56. The summed E-state index contributed by atoms with van der Waals surface area (Å²) in [5.41, 5.74) is 5.72. The Morgan fingerprint density at radius 3 is 2.58 bits per heavy atom. The number of likely N-dealkylation sites (N-methyl/N-ethyl adjacent to an activating group) is 2. The molecule has 0 spiro atoms. The maximum Gasteiger partial charge on any atom is 0.257 e. The Balaban J connectivity index is 2.21. The SMILES string of the molecule is CN(C)CCN(C)c1nc(N)nc(-n2cccn2)n1. The van der Waals surface area contributed by atoms with Gasteiger partial charge in [0.1, 0.15) is 0 Å². The van der Waals surface area contributed by atoms with Crippen molar-refractivity contribution in [2.24, 2.45) is 0 Å². The quantitative estimate of drug-likeness (QED) is 0.786. The minimum Gasteiger partial charge on any atom is -0.368 e. The standard InChI is InChI=1S/C11H18N8/c1-17(2)7-8-18(3)10-14-9(12)15-11(16-10)19-6-4-5-13-19/h4-6H,7-8H2,1-3H3,(H2,12,14,15,16). The second kappa shape index (κ2) is 5.61.